The molecule has 1 atom stereocenters. The average Bonchev–Trinajstić information content (AvgIpc) is 2.92. The Bertz CT molecular complexity index is 1320. The minimum atomic E-state index is -4.48. The number of benzene rings is 2. The number of para-hydroxylation sites is 1. The van der Waals surface area contributed by atoms with Crippen LogP contribution in [0.1, 0.15) is 49.8 Å². The van der Waals surface area contributed by atoms with Crippen molar-refractivity contribution in [2.24, 2.45) is 0 Å². The van der Waals surface area contributed by atoms with Crippen LogP contribution in [-0.4, -0.2) is 42.2 Å². The van der Waals surface area contributed by atoms with Crippen LogP contribution >= 0.6 is 0 Å². The van der Waals surface area contributed by atoms with Crippen molar-refractivity contribution in [2.45, 2.75) is 50.9 Å². The smallest absolute Gasteiger partial charge is 0.416 e. The Kier molecular flexibility index (Phi) is 7.06. The normalized spacial score (nSPS) is 19.5. The summed E-state index contributed by atoms with van der Waals surface area (Å²) in [5, 5.41) is 9.59. The van der Waals surface area contributed by atoms with Crippen molar-refractivity contribution in [2.75, 3.05) is 31.1 Å². The number of alkyl halides is 3. The van der Waals surface area contributed by atoms with Gasteiger partial charge in [-0.3, -0.25) is 9.88 Å². The van der Waals surface area contributed by atoms with Gasteiger partial charge in [0.25, 0.3) is 0 Å². The van der Waals surface area contributed by atoms with Gasteiger partial charge in [-0.05, 0) is 75.1 Å². The summed E-state index contributed by atoms with van der Waals surface area (Å²) in [5.41, 5.74) is 2.57. The molecule has 2 saturated heterocycles. The van der Waals surface area contributed by atoms with E-state index in [1.54, 1.807) is 0 Å². The number of ether oxygens (including phenoxy) is 1. The van der Waals surface area contributed by atoms with Gasteiger partial charge >= 0.3 is 6.18 Å². The minimum absolute atomic E-state index is 0.0589. The van der Waals surface area contributed by atoms with E-state index in [9.17, 15) is 18.4 Å². The van der Waals surface area contributed by atoms with E-state index in [0.717, 1.165) is 60.5 Å². The quantitative estimate of drug-likeness (QED) is 0.365. The van der Waals surface area contributed by atoms with Gasteiger partial charge in [-0.25, -0.2) is 0 Å². The van der Waals surface area contributed by atoms with Crippen molar-refractivity contribution in [1.29, 1.82) is 5.26 Å². The monoisotopic (exact) mass is 520 g/mol. The number of pyridine rings is 1. The highest BCUT2D eigenvalue weighted by Crippen LogP contribution is 2.45. The van der Waals surface area contributed by atoms with Crippen molar-refractivity contribution in [3.63, 3.8) is 0 Å². The molecule has 5 rings (SSSR count). The molecule has 2 aromatic carbocycles. The first-order chi connectivity index (χ1) is 18.3. The standard InChI is InChI=1S/C30H31F3N4O/c1-3-38-28-7-5-4-6-25(28)26-10-8-24(20-35-26)29(37-15-12-21(37)2)13-16-36(17-14-29)27-11-9-23(30(31,32)33)18-22(27)19-34/h4-11,18,20-21H,3,12-17H2,1-2H3. The molecule has 0 radical (unpaired) electrons. The number of rotatable bonds is 6. The summed E-state index contributed by atoms with van der Waals surface area (Å²) in [7, 11) is 0. The second-order valence-electron chi connectivity index (χ2n) is 10.1. The third-order valence-electron chi connectivity index (χ3n) is 8.01. The first-order valence-electron chi connectivity index (χ1n) is 13.1. The van der Waals surface area contributed by atoms with E-state index in [-0.39, 0.29) is 11.1 Å². The van der Waals surface area contributed by atoms with Crippen molar-refractivity contribution >= 4 is 5.69 Å². The summed E-state index contributed by atoms with van der Waals surface area (Å²) in [5.74, 6) is 0.805. The second kappa shape index (κ2) is 10.3. The number of hydrogen-bond donors (Lipinski definition) is 0. The number of anilines is 1. The van der Waals surface area contributed by atoms with E-state index < -0.39 is 11.7 Å². The number of hydrogen-bond acceptors (Lipinski definition) is 5. The van der Waals surface area contributed by atoms with Gasteiger partial charge in [-0.15, -0.1) is 0 Å². The Balaban J connectivity index is 1.42. The van der Waals surface area contributed by atoms with Crippen LogP contribution in [0.15, 0.2) is 60.8 Å². The fourth-order valence-electron chi connectivity index (χ4n) is 5.88. The third-order valence-corrected chi connectivity index (χ3v) is 8.01. The Morgan fingerprint density at radius 3 is 2.42 bits per heavy atom. The van der Waals surface area contributed by atoms with E-state index in [2.05, 4.69) is 24.0 Å². The van der Waals surface area contributed by atoms with Crippen molar-refractivity contribution < 1.29 is 17.9 Å². The number of likely N-dealkylation sites (tertiary alicyclic amines) is 1. The van der Waals surface area contributed by atoms with E-state index in [4.69, 9.17) is 9.72 Å². The lowest BCUT2D eigenvalue weighted by Gasteiger charge is -2.56. The van der Waals surface area contributed by atoms with Crippen LogP contribution in [0.25, 0.3) is 11.3 Å². The zero-order chi connectivity index (χ0) is 26.9. The van der Waals surface area contributed by atoms with Crippen LogP contribution in [0.4, 0.5) is 18.9 Å². The zero-order valence-electron chi connectivity index (χ0n) is 21.6. The molecular formula is C30H31F3N4O. The van der Waals surface area contributed by atoms with Crippen LogP contribution < -0.4 is 9.64 Å². The Morgan fingerprint density at radius 1 is 1.08 bits per heavy atom. The molecule has 198 valence electrons. The highest BCUT2D eigenvalue weighted by Gasteiger charge is 2.47. The first-order valence-corrected chi connectivity index (χ1v) is 13.1. The van der Waals surface area contributed by atoms with Gasteiger partial charge in [-0.2, -0.15) is 18.4 Å². The van der Waals surface area contributed by atoms with E-state index in [1.165, 1.54) is 6.07 Å². The molecule has 1 unspecified atom stereocenters. The minimum Gasteiger partial charge on any atom is -0.493 e. The summed E-state index contributed by atoms with van der Waals surface area (Å²) in [6, 6.07) is 18.0. The van der Waals surface area contributed by atoms with Gasteiger partial charge in [0.1, 0.15) is 11.8 Å². The first kappa shape index (κ1) is 26.1. The maximum atomic E-state index is 13.2. The summed E-state index contributed by atoms with van der Waals surface area (Å²) >= 11 is 0. The Labute approximate surface area is 221 Å². The molecule has 0 amide bonds. The van der Waals surface area contributed by atoms with E-state index in [0.29, 0.717) is 31.4 Å². The fraction of sp³-hybridized carbons (Fsp3) is 0.400. The largest absolute Gasteiger partial charge is 0.493 e. The SMILES string of the molecule is CCOc1ccccc1-c1ccc(C2(N3CCC3C)CCN(c3ccc(C(F)(F)F)cc3C#N)CC2)cn1. The van der Waals surface area contributed by atoms with Gasteiger partial charge < -0.3 is 9.64 Å². The molecule has 3 heterocycles. The van der Waals surface area contributed by atoms with Crippen molar-refractivity contribution in [3.8, 4) is 23.1 Å². The average molecular weight is 521 g/mol. The molecule has 3 aromatic rings. The molecular weight excluding hydrogens is 489 g/mol. The van der Waals surface area contributed by atoms with Crippen LogP contribution in [0, 0.1) is 11.3 Å². The van der Waals surface area contributed by atoms with Crippen molar-refractivity contribution in [1.82, 2.24) is 9.88 Å². The summed E-state index contributed by atoms with van der Waals surface area (Å²) < 4.78 is 45.4. The summed E-state index contributed by atoms with van der Waals surface area (Å²) in [6.45, 7) is 7.05. The fourth-order valence-corrected chi connectivity index (χ4v) is 5.88. The molecule has 38 heavy (non-hydrogen) atoms. The van der Waals surface area contributed by atoms with E-state index >= 15 is 0 Å². The topological polar surface area (TPSA) is 52.4 Å². The Hall–Kier alpha value is -3.57. The van der Waals surface area contributed by atoms with Crippen molar-refractivity contribution in [3.05, 3.63) is 77.5 Å². The number of piperidine rings is 1. The second-order valence-corrected chi connectivity index (χ2v) is 10.1. The summed E-state index contributed by atoms with van der Waals surface area (Å²) in [6.07, 6.45) is 0.213. The van der Waals surface area contributed by atoms with E-state index in [1.807, 2.05) is 48.4 Å². The molecule has 1 aromatic heterocycles. The van der Waals surface area contributed by atoms with Crippen LogP contribution in [0.2, 0.25) is 0 Å². The number of aromatic nitrogens is 1. The maximum Gasteiger partial charge on any atom is 0.416 e. The highest BCUT2D eigenvalue weighted by atomic mass is 19.4. The number of nitrogens with zero attached hydrogens (tertiary/aromatic N) is 4. The lowest BCUT2D eigenvalue weighted by atomic mass is 9.76. The molecule has 2 fully saturated rings. The molecule has 8 heteroatoms. The third kappa shape index (κ3) is 4.71. The molecule has 2 aliphatic rings. The van der Waals surface area contributed by atoms with Crippen LogP contribution in [-0.2, 0) is 11.7 Å². The molecule has 0 N–H and O–H groups in total. The van der Waals surface area contributed by atoms with Gasteiger partial charge in [0.2, 0.25) is 0 Å². The number of halogens is 3. The van der Waals surface area contributed by atoms with Crippen LogP contribution in [0.5, 0.6) is 5.75 Å². The van der Waals surface area contributed by atoms with Gasteiger partial charge in [-0.1, -0.05) is 18.2 Å². The molecule has 2 aliphatic heterocycles. The molecule has 0 saturated carbocycles. The van der Waals surface area contributed by atoms with Gasteiger partial charge in [0, 0.05) is 37.4 Å². The lowest BCUT2D eigenvalue weighted by molar-refractivity contribution is -0.137. The molecule has 0 aliphatic carbocycles. The predicted octanol–water partition coefficient (Wildman–Crippen LogP) is 6.63. The van der Waals surface area contributed by atoms with Crippen LogP contribution in [0.3, 0.4) is 0 Å². The molecule has 0 bridgehead atoms. The Morgan fingerprint density at radius 2 is 1.84 bits per heavy atom. The number of nitriles is 1. The van der Waals surface area contributed by atoms with Gasteiger partial charge in [0.05, 0.1) is 34.7 Å². The maximum absolute atomic E-state index is 13.2. The summed E-state index contributed by atoms with van der Waals surface area (Å²) in [4.78, 5) is 9.42. The lowest BCUT2D eigenvalue weighted by Crippen LogP contribution is -2.61. The molecule has 5 nitrogen and oxygen atoms in total. The zero-order valence-corrected chi connectivity index (χ0v) is 21.6. The predicted molar refractivity (Wildman–Crippen MR) is 141 cm³/mol. The highest BCUT2D eigenvalue weighted by molar-refractivity contribution is 5.67. The van der Waals surface area contributed by atoms with Gasteiger partial charge in [0.15, 0.2) is 0 Å². The molecule has 0 spiro atoms.